The number of ether oxygens (including phenoxy) is 1. The number of nitrogens with one attached hydrogen (secondary N) is 1. The number of benzene rings is 1. The molecule has 1 amide bonds. The summed E-state index contributed by atoms with van der Waals surface area (Å²) < 4.78 is 5.03. The van der Waals surface area contributed by atoms with E-state index in [-0.39, 0.29) is 5.91 Å². The van der Waals surface area contributed by atoms with Gasteiger partial charge in [0.25, 0.3) is 5.91 Å². The van der Waals surface area contributed by atoms with E-state index in [9.17, 15) is 4.79 Å². The molecule has 0 fully saturated rings. The van der Waals surface area contributed by atoms with Crippen LogP contribution in [0.3, 0.4) is 0 Å². The van der Waals surface area contributed by atoms with Crippen LogP contribution in [0.5, 0.6) is 0 Å². The quantitative estimate of drug-likeness (QED) is 0.913. The molecule has 0 saturated heterocycles. The molecule has 4 nitrogen and oxygen atoms in total. The Morgan fingerprint density at radius 3 is 2.68 bits per heavy atom. The van der Waals surface area contributed by atoms with Crippen molar-refractivity contribution < 1.29 is 9.53 Å². The highest BCUT2D eigenvalue weighted by Crippen LogP contribution is 2.11. The van der Waals surface area contributed by atoms with Crippen LogP contribution in [0.2, 0.25) is 0 Å². The largest absolute Gasteiger partial charge is 0.380 e. The number of thiazole rings is 1. The fourth-order valence-electron chi connectivity index (χ4n) is 1.68. The molecule has 1 heterocycles. The first-order chi connectivity index (χ1) is 9.19. The first-order valence-corrected chi connectivity index (χ1v) is 6.78. The normalized spacial score (nSPS) is 10.4. The number of aryl methyl sites for hydroxylation is 1. The van der Waals surface area contributed by atoms with Crippen LogP contribution in [0.15, 0.2) is 30.5 Å². The highest BCUT2D eigenvalue weighted by molar-refractivity contribution is 7.11. The minimum atomic E-state index is -0.0741. The zero-order valence-electron chi connectivity index (χ0n) is 11.0. The smallest absolute Gasteiger partial charge is 0.251 e. The molecule has 5 heteroatoms. The molecule has 0 spiro atoms. The third kappa shape index (κ3) is 3.87. The molecule has 0 unspecified atom stereocenters. The van der Waals surface area contributed by atoms with Crippen LogP contribution in [0.1, 0.15) is 25.8 Å². The molecule has 2 rings (SSSR count). The zero-order chi connectivity index (χ0) is 13.7. The molecule has 0 radical (unpaired) electrons. The van der Waals surface area contributed by atoms with Crippen molar-refractivity contribution >= 4 is 17.2 Å². The summed E-state index contributed by atoms with van der Waals surface area (Å²) in [6, 6.07) is 7.41. The summed E-state index contributed by atoms with van der Waals surface area (Å²) in [4.78, 5) is 17.1. The second-order valence-electron chi connectivity index (χ2n) is 4.16. The van der Waals surface area contributed by atoms with E-state index in [4.69, 9.17) is 4.74 Å². The predicted molar refractivity (Wildman–Crippen MR) is 75.2 cm³/mol. The van der Waals surface area contributed by atoms with Crippen molar-refractivity contribution in [2.45, 2.75) is 20.1 Å². The van der Waals surface area contributed by atoms with E-state index in [1.165, 1.54) is 0 Å². The maximum absolute atomic E-state index is 11.9. The molecule has 0 saturated carbocycles. The van der Waals surface area contributed by atoms with Crippen molar-refractivity contribution in [1.82, 2.24) is 10.3 Å². The summed E-state index contributed by atoms with van der Waals surface area (Å²) in [5, 5.41) is 3.89. The van der Waals surface area contributed by atoms with Gasteiger partial charge in [-0.05, 0) is 24.6 Å². The van der Waals surface area contributed by atoms with Gasteiger partial charge in [-0.25, -0.2) is 4.98 Å². The Labute approximate surface area is 116 Å². The molecule has 19 heavy (non-hydrogen) atoms. The van der Waals surface area contributed by atoms with Crippen LogP contribution in [0.4, 0.5) is 0 Å². The summed E-state index contributed by atoms with van der Waals surface area (Å²) in [5.74, 6) is -0.0741. The van der Waals surface area contributed by atoms with Crippen LogP contribution in [0.25, 0.3) is 0 Å². The maximum Gasteiger partial charge on any atom is 0.251 e. The van der Waals surface area contributed by atoms with Crippen LogP contribution in [-0.2, 0) is 17.9 Å². The number of rotatable bonds is 5. The Balaban J connectivity index is 1.92. The lowest BCUT2D eigenvalue weighted by Crippen LogP contribution is -2.22. The monoisotopic (exact) mass is 276 g/mol. The van der Waals surface area contributed by atoms with Crippen LogP contribution in [0, 0.1) is 6.92 Å². The van der Waals surface area contributed by atoms with E-state index in [1.54, 1.807) is 24.6 Å². The number of nitrogens with zero attached hydrogens (tertiary/aromatic N) is 1. The molecular weight excluding hydrogens is 260 g/mol. The van der Waals surface area contributed by atoms with E-state index >= 15 is 0 Å². The minimum Gasteiger partial charge on any atom is -0.380 e. The van der Waals surface area contributed by atoms with Crippen molar-refractivity contribution in [2.75, 3.05) is 7.11 Å². The molecule has 0 aliphatic carbocycles. The van der Waals surface area contributed by atoms with Crippen molar-refractivity contribution in [1.29, 1.82) is 0 Å². The molecule has 1 aromatic heterocycles. The zero-order valence-corrected chi connectivity index (χ0v) is 11.8. The van der Waals surface area contributed by atoms with Crippen LogP contribution in [-0.4, -0.2) is 18.0 Å². The Morgan fingerprint density at radius 2 is 2.11 bits per heavy atom. The number of aromatic nitrogens is 1. The molecule has 0 aliphatic heterocycles. The van der Waals surface area contributed by atoms with E-state index < -0.39 is 0 Å². The molecule has 100 valence electrons. The molecular formula is C14H16N2O2S. The van der Waals surface area contributed by atoms with Gasteiger partial charge in [0.05, 0.1) is 18.2 Å². The third-order valence-corrected chi connectivity index (χ3v) is 3.53. The standard InChI is InChI=1S/C14H16N2O2S/c1-10-15-7-13(19-10)8-16-14(17)12-5-3-11(4-6-12)9-18-2/h3-7H,8-9H2,1-2H3,(H,16,17). The first-order valence-electron chi connectivity index (χ1n) is 5.96. The highest BCUT2D eigenvalue weighted by atomic mass is 32.1. The molecule has 0 aliphatic rings. The second-order valence-corrected chi connectivity index (χ2v) is 5.48. The van der Waals surface area contributed by atoms with Gasteiger partial charge in [0.2, 0.25) is 0 Å². The molecule has 0 bridgehead atoms. The van der Waals surface area contributed by atoms with Crippen molar-refractivity contribution in [3.63, 3.8) is 0 Å². The number of carbonyl (C=O) groups is 1. The summed E-state index contributed by atoms with van der Waals surface area (Å²) in [7, 11) is 1.65. The predicted octanol–water partition coefficient (Wildman–Crippen LogP) is 2.53. The van der Waals surface area contributed by atoms with E-state index in [0.717, 1.165) is 15.4 Å². The average molecular weight is 276 g/mol. The Hall–Kier alpha value is -1.72. The van der Waals surface area contributed by atoms with Gasteiger partial charge in [0.15, 0.2) is 0 Å². The van der Waals surface area contributed by atoms with Gasteiger partial charge in [0.1, 0.15) is 0 Å². The van der Waals surface area contributed by atoms with Crippen LogP contribution < -0.4 is 5.32 Å². The Morgan fingerprint density at radius 1 is 1.37 bits per heavy atom. The van der Waals surface area contributed by atoms with Crippen molar-refractivity contribution in [2.24, 2.45) is 0 Å². The maximum atomic E-state index is 11.9. The topological polar surface area (TPSA) is 51.2 Å². The average Bonchev–Trinajstić information content (AvgIpc) is 2.83. The summed E-state index contributed by atoms with van der Waals surface area (Å²) in [6.07, 6.45) is 1.79. The van der Waals surface area contributed by atoms with Crippen molar-refractivity contribution in [3.8, 4) is 0 Å². The van der Waals surface area contributed by atoms with Gasteiger partial charge in [-0.15, -0.1) is 11.3 Å². The van der Waals surface area contributed by atoms with Gasteiger partial charge >= 0.3 is 0 Å². The summed E-state index contributed by atoms with van der Waals surface area (Å²) in [6.45, 7) is 3.02. The molecule has 1 aromatic carbocycles. The van der Waals surface area contributed by atoms with Crippen LogP contribution >= 0.6 is 11.3 Å². The fraction of sp³-hybridized carbons (Fsp3) is 0.286. The number of carbonyl (C=O) groups excluding carboxylic acids is 1. The van der Waals surface area contributed by atoms with E-state index in [2.05, 4.69) is 10.3 Å². The molecule has 2 aromatic rings. The number of hydrogen-bond donors (Lipinski definition) is 1. The molecule has 1 N–H and O–H groups in total. The van der Waals surface area contributed by atoms with Gasteiger partial charge in [-0.2, -0.15) is 0 Å². The SMILES string of the molecule is COCc1ccc(C(=O)NCc2cnc(C)s2)cc1. The molecule has 0 atom stereocenters. The van der Waals surface area contributed by atoms with E-state index in [0.29, 0.717) is 18.7 Å². The Kier molecular flexibility index (Phi) is 4.65. The highest BCUT2D eigenvalue weighted by Gasteiger charge is 2.06. The van der Waals surface area contributed by atoms with Crippen molar-refractivity contribution in [3.05, 3.63) is 51.5 Å². The van der Waals surface area contributed by atoms with Gasteiger partial charge < -0.3 is 10.1 Å². The Bertz CT molecular complexity index is 549. The second kappa shape index (κ2) is 6.45. The third-order valence-electron chi connectivity index (χ3n) is 2.62. The minimum absolute atomic E-state index is 0.0741. The van der Waals surface area contributed by atoms with Gasteiger partial charge in [-0.1, -0.05) is 12.1 Å². The summed E-state index contributed by atoms with van der Waals surface area (Å²) >= 11 is 1.59. The number of methoxy groups -OCH3 is 1. The number of hydrogen-bond acceptors (Lipinski definition) is 4. The lowest BCUT2D eigenvalue weighted by Gasteiger charge is -2.04. The lowest BCUT2D eigenvalue weighted by atomic mass is 10.1. The lowest BCUT2D eigenvalue weighted by molar-refractivity contribution is 0.0951. The van der Waals surface area contributed by atoms with Gasteiger partial charge in [-0.3, -0.25) is 4.79 Å². The summed E-state index contributed by atoms with van der Waals surface area (Å²) in [5.41, 5.74) is 1.71. The van der Waals surface area contributed by atoms with Gasteiger partial charge in [0, 0.05) is 23.7 Å². The fourth-order valence-corrected chi connectivity index (χ4v) is 2.41. The first kappa shape index (κ1) is 13.7. The number of amides is 1. The van der Waals surface area contributed by atoms with E-state index in [1.807, 2.05) is 31.2 Å².